The molecule has 1 fully saturated rings. The molecule has 1 aliphatic heterocycles. The zero-order valence-corrected chi connectivity index (χ0v) is 18.9. The monoisotopic (exact) mass is 475 g/mol. The number of nitrogens with zero attached hydrogens (tertiary/aromatic N) is 4. The summed E-state index contributed by atoms with van der Waals surface area (Å²) in [5.41, 5.74) is 1.94. The highest BCUT2D eigenvalue weighted by molar-refractivity contribution is 5.94. The first kappa shape index (κ1) is 22.5. The second-order valence-electron chi connectivity index (χ2n) is 8.46. The molecule has 0 radical (unpaired) electrons. The van der Waals surface area contributed by atoms with Crippen LogP contribution >= 0.6 is 0 Å². The zero-order valence-electron chi connectivity index (χ0n) is 18.9. The van der Waals surface area contributed by atoms with Crippen LogP contribution in [-0.4, -0.2) is 55.9 Å². The van der Waals surface area contributed by atoms with Gasteiger partial charge in [-0.05, 0) is 61.4 Å². The summed E-state index contributed by atoms with van der Waals surface area (Å²) in [4.78, 5) is 41.1. The maximum Gasteiger partial charge on any atom is 0.302 e. The molecule has 1 aliphatic rings. The Hall–Kier alpha value is -4.34. The Labute approximate surface area is 199 Å². The predicted octanol–water partition coefficient (Wildman–Crippen LogP) is 3.08. The van der Waals surface area contributed by atoms with Crippen LogP contribution in [-0.2, 0) is 9.53 Å². The third kappa shape index (κ3) is 4.68. The molecule has 0 spiro atoms. The maximum absolute atomic E-state index is 13.6. The van der Waals surface area contributed by atoms with Gasteiger partial charge in [0.15, 0.2) is 0 Å². The minimum Gasteiger partial charge on any atom is -0.461 e. The van der Waals surface area contributed by atoms with Crippen molar-refractivity contribution >= 4 is 22.8 Å². The second-order valence-corrected chi connectivity index (χ2v) is 8.46. The van der Waals surface area contributed by atoms with E-state index < -0.39 is 5.82 Å². The number of carbonyl (C=O) groups excluding carboxylic acids is 2. The van der Waals surface area contributed by atoms with Gasteiger partial charge in [0.1, 0.15) is 17.6 Å². The Kier molecular flexibility index (Phi) is 5.86. The van der Waals surface area contributed by atoms with Gasteiger partial charge in [0.2, 0.25) is 0 Å². The zero-order chi connectivity index (χ0) is 24.5. The number of ether oxygens (including phenoxy) is 1. The number of nitrogens with one attached hydrogen (secondary N) is 1. The van der Waals surface area contributed by atoms with E-state index in [-0.39, 0.29) is 29.1 Å². The van der Waals surface area contributed by atoms with Gasteiger partial charge in [-0.1, -0.05) is 5.21 Å². The molecule has 178 valence electrons. The number of H-pyrrole nitrogens is 1. The van der Waals surface area contributed by atoms with Crippen LogP contribution in [0.25, 0.3) is 27.8 Å². The van der Waals surface area contributed by atoms with Gasteiger partial charge in [0.05, 0.1) is 24.0 Å². The SMILES string of the molecule is CC(=O)O[C@H]1CCCN(C(=O)c2ccc(-n3cc(-c4cc5cc(F)ccc5[nH]c4=O)nn3)cc2)C1. The van der Waals surface area contributed by atoms with Crippen LogP contribution in [0.2, 0.25) is 0 Å². The minimum absolute atomic E-state index is 0.136. The van der Waals surface area contributed by atoms with Gasteiger partial charge in [-0.25, -0.2) is 9.07 Å². The van der Waals surface area contributed by atoms with Crippen molar-refractivity contribution in [3.63, 3.8) is 0 Å². The third-order valence-electron chi connectivity index (χ3n) is 5.95. The summed E-state index contributed by atoms with van der Waals surface area (Å²) in [7, 11) is 0. The Bertz CT molecular complexity index is 1480. The molecule has 10 heteroatoms. The number of piperidine rings is 1. The number of halogens is 1. The van der Waals surface area contributed by atoms with E-state index in [1.807, 2.05) is 0 Å². The van der Waals surface area contributed by atoms with Crippen LogP contribution in [0.3, 0.4) is 0 Å². The van der Waals surface area contributed by atoms with E-state index in [2.05, 4.69) is 15.3 Å². The quantitative estimate of drug-likeness (QED) is 0.454. The molecule has 5 rings (SSSR count). The Morgan fingerprint density at radius 3 is 2.71 bits per heavy atom. The number of benzene rings is 2. The van der Waals surface area contributed by atoms with E-state index in [1.165, 1.54) is 29.8 Å². The number of fused-ring (bicyclic) bond motifs is 1. The van der Waals surface area contributed by atoms with E-state index in [0.717, 1.165) is 12.8 Å². The molecule has 0 bridgehead atoms. The summed E-state index contributed by atoms with van der Waals surface area (Å²) in [6.07, 6.45) is 2.82. The standard InChI is InChI=1S/C25H22FN5O4/c1-15(32)35-20-3-2-10-30(13-20)25(34)16-4-7-19(8-5-16)31-14-23(28-29-31)21-12-17-11-18(26)6-9-22(17)27-24(21)33/h4-9,11-12,14,20H,2-3,10,13H2,1H3,(H,27,33)/t20-/m0/s1. The Morgan fingerprint density at radius 1 is 1.14 bits per heavy atom. The summed E-state index contributed by atoms with van der Waals surface area (Å²) in [5, 5.41) is 8.74. The van der Waals surface area contributed by atoms with Crippen molar-refractivity contribution in [2.24, 2.45) is 0 Å². The fourth-order valence-corrected chi connectivity index (χ4v) is 4.27. The number of rotatable bonds is 4. The Morgan fingerprint density at radius 2 is 1.94 bits per heavy atom. The molecule has 1 atom stereocenters. The highest BCUT2D eigenvalue weighted by Gasteiger charge is 2.26. The number of hydrogen-bond acceptors (Lipinski definition) is 6. The van der Waals surface area contributed by atoms with Gasteiger partial charge < -0.3 is 14.6 Å². The molecule has 1 saturated heterocycles. The normalized spacial score (nSPS) is 15.8. The van der Waals surface area contributed by atoms with Crippen molar-refractivity contribution in [1.82, 2.24) is 24.9 Å². The number of aromatic amines is 1. The summed E-state index contributed by atoms with van der Waals surface area (Å²) in [6, 6.07) is 12.6. The minimum atomic E-state index is -0.403. The van der Waals surface area contributed by atoms with E-state index in [4.69, 9.17) is 4.74 Å². The van der Waals surface area contributed by atoms with Crippen LogP contribution in [0.1, 0.15) is 30.1 Å². The van der Waals surface area contributed by atoms with Crippen LogP contribution < -0.4 is 5.56 Å². The van der Waals surface area contributed by atoms with Gasteiger partial charge in [0.25, 0.3) is 11.5 Å². The number of likely N-dealkylation sites (tertiary alicyclic amines) is 1. The maximum atomic E-state index is 13.6. The van der Waals surface area contributed by atoms with Crippen molar-refractivity contribution in [3.8, 4) is 16.9 Å². The first-order valence-corrected chi connectivity index (χ1v) is 11.2. The molecule has 2 aromatic heterocycles. The molecule has 2 aromatic carbocycles. The van der Waals surface area contributed by atoms with E-state index in [0.29, 0.717) is 40.9 Å². The fraction of sp³-hybridized carbons (Fsp3) is 0.240. The van der Waals surface area contributed by atoms with E-state index in [1.54, 1.807) is 41.4 Å². The van der Waals surface area contributed by atoms with Gasteiger partial charge in [-0.3, -0.25) is 14.4 Å². The molecule has 4 aromatic rings. The summed E-state index contributed by atoms with van der Waals surface area (Å²) >= 11 is 0. The summed E-state index contributed by atoms with van der Waals surface area (Å²) in [5.74, 6) is -0.887. The van der Waals surface area contributed by atoms with Crippen molar-refractivity contribution < 1.29 is 18.7 Å². The van der Waals surface area contributed by atoms with Gasteiger partial charge >= 0.3 is 5.97 Å². The Balaban J connectivity index is 1.35. The van der Waals surface area contributed by atoms with Crippen molar-refractivity contribution in [2.75, 3.05) is 13.1 Å². The molecule has 1 amide bonds. The first-order chi connectivity index (χ1) is 16.9. The van der Waals surface area contributed by atoms with Crippen LogP contribution in [0, 0.1) is 5.82 Å². The molecule has 0 aliphatic carbocycles. The molecule has 35 heavy (non-hydrogen) atoms. The van der Waals surface area contributed by atoms with Gasteiger partial charge in [-0.2, -0.15) is 0 Å². The van der Waals surface area contributed by atoms with E-state index in [9.17, 15) is 18.8 Å². The molecule has 1 N–H and O–H groups in total. The highest BCUT2D eigenvalue weighted by Crippen LogP contribution is 2.21. The summed E-state index contributed by atoms with van der Waals surface area (Å²) < 4.78 is 20.4. The molecular formula is C25H22FN5O4. The number of pyridine rings is 1. The number of carbonyl (C=O) groups is 2. The first-order valence-electron chi connectivity index (χ1n) is 11.2. The lowest BCUT2D eigenvalue weighted by Gasteiger charge is -2.32. The van der Waals surface area contributed by atoms with Crippen LogP contribution in [0.15, 0.2) is 59.5 Å². The van der Waals surface area contributed by atoms with Crippen LogP contribution in [0.4, 0.5) is 4.39 Å². The molecule has 0 unspecified atom stereocenters. The molecule has 3 heterocycles. The second kappa shape index (κ2) is 9.13. The van der Waals surface area contributed by atoms with Crippen molar-refractivity contribution in [2.45, 2.75) is 25.9 Å². The topological polar surface area (TPSA) is 110 Å². The molecular weight excluding hydrogens is 453 g/mol. The average molecular weight is 475 g/mol. The number of aromatic nitrogens is 4. The lowest BCUT2D eigenvalue weighted by atomic mass is 10.1. The summed E-state index contributed by atoms with van der Waals surface area (Å²) in [6.45, 7) is 2.34. The highest BCUT2D eigenvalue weighted by atomic mass is 19.1. The van der Waals surface area contributed by atoms with Gasteiger partial charge in [0, 0.05) is 29.9 Å². The van der Waals surface area contributed by atoms with Crippen molar-refractivity contribution in [3.05, 3.63) is 76.5 Å². The number of esters is 1. The average Bonchev–Trinajstić information content (AvgIpc) is 3.33. The number of hydrogen-bond donors (Lipinski definition) is 1. The molecule has 9 nitrogen and oxygen atoms in total. The molecule has 0 saturated carbocycles. The van der Waals surface area contributed by atoms with E-state index >= 15 is 0 Å². The smallest absolute Gasteiger partial charge is 0.302 e. The van der Waals surface area contributed by atoms with Crippen molar-refractivity contribution in [1.29, 1.82) is 0 Å². The predicted molar refractivity (Wildman–Crippen MR) is 126 cm³/mol. The number of amides is 1. The van der Waals surface area contributed by atoms with Gasteiger partial charge in [-0.15, -0.1) is 5.10 Å². The lowest BCUT2D eigenvalue weighted by molar-refractivity contribution is -0.148. The largest absolute Gasteiger partial charge is 0.461 e. The third-order valence-corrected chi connectivity index (χ3v) is 5.95. The lowest BCUT2D eigenvalue weighted by Crippen LogP contribution is -2.43. The van der Waals surface area contributed by atoms with Crippen LogP contribution in [0.5, 0.6) is 0 Å². The fourth-order valence-electron chi connectivity index (χ4n) is 4.27.